The van der Waals surface area contributed by atoms with Gasteiger partial charge >= 0.3 is 0 Å². The second-order valence-electron chi connectivity index (χ2n) is 8.25. The Balaban J connectivity index is 1.62. The van der Waals surface area contributed by atoms with Gasteiger partial charge in [-0.1, -0.05) is 78.3 Å². The van der Waals surface area contributed by atoms with Crippen molar-refractivity contribution in [2.75, 3.05) is 0 Å². The Morgan fingerprint density at radius 2 is 1.60 bits per heavy atom. The number of nitrogens with zero attached hydrogens (tertiary/aromatic N) is 3. The van der Waals surface area contributed by atoms with Crippen LogP contribution in [0.25, 0.3) is 27.8 Å². The van der Waals surface area contributed by atoms with Gasteiger partial charge in [0.2, 0.25) is 5.91 Å². The summed E-state index contributed by atoms with van der Waals surface area (Å²) in [6.07, 6.45) is 0. The summed E-state index contributed by atoms with van der Waals surface area (Å²) >= 11 is 6.22. The summed E-state index contributed by atoms with van der Waals surface area (Å²) in [6, 6.07) is 28.3. The number of hydrogen-bond acceptors (Lipinski definition) is 3. The van der Waals surface area contributed by atoms with Gasteiger partial charge in [0, 0.05) is 23.0 Å². The average Bonchev–Trinajstić information content (AvgIpc) is 3.23. The Labute approximate surface area is 207 Å². The van der Waals surface area contributed by atoms with Crippen molar-refractivity contribution < 1.29 is 4.79 Å². The lowest BCUT2D eigenvalue weighted by molar-refractivity contribution is -0.121. The van der Waals surface area contributed by atoms with Crippen molar-refractivity contribution in [1.29, 1.82) is 0 Å². The Bertz CT molecular complexity index is 1570. The first kappa shape index (κ1) is 22.6. The fourth-order valence-corrected chi connectivity index (χ4v) is 4.44. The second kappa shape index (κ2) is 9.60. The van der Waals surface area contributed by atoms with Crippen LogP contribution in [0.4, 0.5) is 0 Å². The highest BCUT2D eigenvalue weighted by atomic mass is 35.5. The Hall–Kier alpha value is -4.16. The van der Waals surface area contributed by atoms with Gasteiger partial charge in [-0.3, -0.25) is 14.2 Å². The van der Waals surface area contributed by atoms with Gasteiger partial charge in [0.25, 0.3) is 5.56 Å². The third kappa shape index (κ3) is 4.48. The number of rotatable bonds is 6. The molecule has 0 saturated heterocycles. The number of hydrogen-bond donors (Lipinski definition) is 1. The number of fused-ring (bicyclic) bond motifs is 1. The van der Waals surface area contributed by atoms with Crippen molar-refractivity contribution in [2.45, 2.75) is 20.0 Å². The van der Waals surface area contributed by atoms with Gasteiger partial charge in [0.1, 0.15) is 12.2 Å². The van der Waals surface area contributed by atoms with Gasteiger partial charge < -0.3 is 5.32 Å². The van der Waals surface area contributed by atoms with E-state index < -0.39 is 0 Å². The number of carbonyl (C=O) groups is 1. The first-order chi connectivity index (χ1) is 17.0. The summed E-state index contributed by atoms with van der Waals surface area (Å²) in [5, 5.41) is 9.06. The fourth-order valence-electron chi connectivity index (χ4n) is 4.24. The third-order valence-corrected chi connectivity index (χ3v) is 6.28. The summed E-state index contributed by atoms with van der Waals surface area (Å²) < 4.78 is 3.22. The zero-order valence-corrected chi connectivity index (χ0v) is 19.9. The fraction of sp³-hybridized carbons (Fsp3) is 0.107. The van der Waals surface area contributed by atoms with Crippen LogP contribution in [0.3, 0.4) is 0 Å². The van der Waals surface area contributed by atoms with Crippen LogP contribution in [0.15, 0.2) is 95.8 Å². The third-order valence-electron chi connectivity index (χ3n) is 5.92. The summed E-state index contributed by atoms with van der Waals surface area (Å²) in [4.78, 5) is 26.4. The van der Waals surface area contributed by atoms with Crippen molar-refractivity contribution in [1.82, 2.24) is 19.7 Å². The first-order valence-electron chi connectivity index (χ1n) is 11.3. The zero-order chi connectivity index (χ0) is 24.4. The molecule has 0 aliphatic rings. The molecular formula is C28H23ClN4O2. The van der Waals surface area contributed by atoms with E-state index in [1.54, 1.807) is 16.8 Å². The standard InChI is InChI=1S/C28H23ClN4O2/c1-19-27-23(20-10-4-2-5-11-20)16-26(35)32(28(27)33(31-19)22-13-6-3-7-14-22)18-25(34)30-17-21-12-8-9-15-24(21)29/h2-16H,17-18H2,1H3,(H,30,34). The maximum atomic E-state index is 13.4. The lowest BCUT2D eigenvalue weighted by Crippen LogP contribution is -2.32. The van der Waals surface area contributed by atoms with Gasteiger partial charge in [-0.25, -0.2) is 4.68 Å². The average molecular weight is 483 g/mol. The lowest BCUT2D eigenvalue weighted by atomic mass is 10.0. The molecule has 2 aromatic heterocycles. The van der Waals surface area contributed by atoms with Crippen LogP contribution in [-0.2, 0) is 17.9 Å². The number of benzene rings is 3. The van der Waals surface area contributed by atoms with Crippen molar-refractivity contribution >= 4 is 28.5 Å². The molecule has 0 aliphatic heterocycles. The molecule has 2 heterocycles. The zero-order valence-electron chi connectivity index (χ0n) is 19.1. The Morgan fingerprint density at radius 3 is 2.31 bits per heavy atom. The van der Waals surface area contributed by atoms with Crippen LogP contribution >= 0.6 is 11.6 Å². The van der Waals surface area contributed by atoms with Crippen LogP contribution in [-0.4, -0.2) is 20.3 Å². The highest BCUT2D eigenvalue weighted by Crippen LogP contribution is 2.31. The molecule has 6 nitrogen and oxygen atoms in total. The highest BCUT2D eigenvalue weighted by molar-refractivity contribution is 6.31. The molecule has 0 unspecified atom stereocenters. The van der Waals surface area contributed by atoms with Crippen molar-refractivity contribution in [3.8, 4) is 16.8 Å². The molecular weight excluding hydrogens is 460 g/mol. The van der Waals surface area contributed by atoms with Crippen LogP contribution in [0.5, 0.6) is 0 Å². The van der Waals surface area contributed by atoms with Crippen LogP contribution < -0.4 is 10.9 Å². The van der Waals surface area contributed by atoms with E-state index in [1.807, 2.05) is 85.8 Å². The first-order valence-corrected chi connectivity index (χ1v) is 11.6. The molecule has 0 radical (unpaired) electrons. The van der Waals surface area contributed by atoms with Gasteiger partial charge in [-0.15, -0.1) is 0 Å². The van der Waals surface area contributed by atoms with Gasteiger partial charge in [0.15, 0.2) is 0 Å². The normalized spacial score (nSPS) is 11.0. The molecule has 5 rings (SSSR count). The van der Waals surface area contributed by atoms with Crippen LogP contribution in [0.1, 0.15) is 11.3 Å². The molecule has 0 saturated carbocycles. The topological polar surface area (TPSA) is 68.9 Å². The van der Waals surface area contributed by atoms with Gasteiger partial charge in [0.05, 0.1) is 11.4 Å². The summed E-state index contributed by atoms with van der Waals surface area (Å²) in [5.74, 6) is -0.292. The quantitative estimate of drug-likeness (QED) is 0.364. The number of nitrogens with one attached hydrogen (secondary N) is 1. The van der Waals surface area contributed by atoms with E-state index in [9.17, 15) is 9.59 Å². The predicted octanol–water partition coefficient (Wildman–Crippen LogP) is 5.13. The summed E-state index contributed by atoms with van der Waals surface area (Å²) in [5.41, 5.74) is 4.39. The maximum Gasteiger partial charge on any atom is 0.253 e. The van der Waals surface area contributed by atoms with E-state index in [0.29, 0.717) is 10.7 Å². The van der Waals surface area contributed by atoms with Crippen molar-refractivity contribution in [3.05, 3.63) is 118 Å². The van der Waals surface area contributed by atoms with Crippen LogP contribution in [0, 0.1) is 6.92 Å². The highest BCUT2D eigenvalue weighted by Gasteiger charge is 2.21. The molecule has 1 N–H and O–H groups in total. The van der Waals surface area contributed by atoms with E-state index in [2.05, 4.69) is 5.32 Å². The van der Waals surface area contributed by atoms with E-state index in [1.165, 1.54) is 4.57 Å². The molecule has 3 aromatic carbocycles. The number of amides is 1. The summed E-state index contributed by atoms with van der Waals surface area (Å²) in [6.45, 7) is 2.04. The molecule has 0 fully saturated rings. The molecule has 0 aliphatic carbocycles. The van der Waals surface area contributed by atoms with Gasteiger partial charge in [-0.05, 0) is 41.8 Å². The van der Waals surface area contributed by atoms with E-state index in [-0.39, 0.29) is 24.6 Å². The minimum absolute atomic E-state index is 0.146. The van der Waals surface area contributed by atoms with Crippen molar-refractivity contribution in [2.24, 2.45) is 0 Å². The smallest absolute Gasteiger partial charge is 0.253 e. The van der Waals surface area contributed by atoms with E-state index in [4.69, 9.17) is 16.7 Å². The number of pyridine rings is 1. The lowest BCUT2D eigenvalue weighted by Gasteiger charge is -2.14. The van der Waals surface area contributed by atoms with E-state index >= 15 is 0 Å². The molecule has 0 spiro atoms. The monoisotopic (exact) mass is 482 g/mol. The molecule has 0 bridgehead atoms. The minimum Gasteiger partial charge on any atom is -0.350 e. The largest absolute Gasteiger partial charge is 0.350 e. The summed E-state index contributed by atoms with van der Waals surface area (Å²) in [7, 11) is 0. The minimum atomic E-state index is -0.292. The molecule has 35 heavy (non-hydrogen) atoms. The number of aromatic nitrogens is 3. The maximum absolute atomic E-state index is 13.4. The van der Waals surface area contributed by atoms with Crippen LogP contribution in [0.2, 0.25) is 5.02 Å². The second-order valence-corrected chi connectivity index (χ2v) is 8.66. The molecule has 0 atom stereocenters. The van der Waals surface area contributed by atoms with E-state index in [0.717, 1.165) is 33.5 Å². The van der Waals surface area contributed by atoms with Gasteiger partial charge in [-0.2, -0.15) is 5.10 Å². The molecule has 7 heteroatoms. The number of halogens is 1. The number of aryl methyl sites for hydroxylation is 1. The van der Waals surface area contributed by atoms with Crippen molar-refractivity contribution in [3.63, 3.8) is 0 Å². The molecule has 5 aromatic rings. The molecule has 174 valence electrons. The number of para-hydroxylation sites is 1. The predicted molar refractivity (Wildman–Crippen MR) is 139 cm³/mol. The SMILES string of the molecule is Cc1nn(-c2ccccc2)c2c1c(-c1ccccc1)cc(=O)n2CC(=O)NCc1ccccc1Cl. The number of carbonyl (C=O) groups excluding carboxylic acids is 1. The Morgan fingerprint density at radius 1 is 0.943 bits per heavy atom. The Kier molecular flexibility index (Phi) is 6.21. The molecule has 1 amide bonds.